The summed E-state index contributed by atoms with van der Waals surface area (Å²) < 4.78 is 9.20. The molecule has 0 saturated carbocycles. The summed E-state index contributed by atoms with van der Waals surface area (Å²) in [6.07, 6.45) is 0. The van der Waals surface area contributed by atoms with Crippen LogP contribution >= 0.6 is 11.3 Å². The van der Waals surface area contributed by atoms with Crippen molar-refractivity contribution in [3.05, 3.63) is 152 Å². The first-order valence-corrected chi connectivity index (χ1v) is 21.9. The fourth-order valence-corrected chi connectivity index (χ4v) is 13.8. The highest BCUT2D eigenvalue weighted by molar-refractivity contribution is 7.33. The van der Waals surface area contributed by atoms with Gasteiger partial charge >= 0.3 is 0 Å². The third-order valence-electron chi connectivity index (χ3n) is 11.8. The molecule has 0 radical (unpaired) electrons. The minimum absolute atomic E-state index is 0.116. The minimum atomic E-state index is -2.02. The number of hydrogen-bond donors (Lipinski definition) is 0. The van der Waals surface area contributed by atoms with Crippen LogP contribution < -0.4 is 35.9 Å². The molecule has 7 aromatic carbocycles. The van der Waals surface area contributed by atoms with E-state index in [9.17, 15) is 0 Å². The zero-order valence-electron chi connectivity index (χ0n) is 28.7. The van der Waals surface area contributed by atoms with Gasteiger partial charge in [-0.05, 0) is 87.0 Å². The minimum Gasteiger partial charge on any atom is -0.456 e. The van der Waals surface area contributed by atoms with E-state index in [2.05, 4.69) is 168 Å². The first-order chi connectivity index (χ1) is 25.6. The van der Waals surface area contributed by atoms with Gasteiger partial charge in [-0.3, -0.25) is 0 Å². The molecule has 5 heterocycles. The van der Waals surface area contributed by atoms with Crippen molar-refractivity contribution < 1.29 is 4.42 Å². The highest BCUT2D eigenvalue weighted by Crippen LogP contribution is 2.50. The van der Waals surface area contributed by atoms with Crippen LogP contribution in [-0.2, 0) is 0 Å². The molecule has 0 unspecified atom stereocenters. The van der Waals surface area contributed by atoms with Gasteiger partial charge in [0.1, 0.15) is 19.2 Å². The predicted molar refractivity (Wildman–Crippen MR) is 225 cm³/mol. The van der Waals surface area contributed by atoms with Gasteiger partial charge in [-0.25, -0.2) is 0 Å². The Labute approximate surface area is 307 Å². The maximum atomic E-state index is 6.45. The first kappa shape index (κ1) is 28.8. The van der Waals surface area contributed by atoms with Crippen molar-refractivity contribution in [2.45, 2.75) is 13.1 Å². The molecule has 3 aliphatic rings. The first-order valence-electron chi connectivity index (χ1n) is 18.1. The quantitative estimate of drug-likeness (QED) is 0.168. The van der Waals surface area contributed by atoms with E-state index in [0.717, 1.165) is 27.5 Å². The van der Waals surface area contributed by atoms with Gasteiger partial charge in [0.25, 0.3) is 6.71 Å². The van der Waals surface area contributed by atoms with Crippen LogP contribution in [0.15, 0.2) is 156 Å². The van der Waals surface area contributed by atoms with Crippen LogP contribution in [0, 0.1) is 0 Å². The number of anilines is 6. The lowest BCUT2D eigenvalue weighted by Gasteiger charge is -2.48. The van der Waals surface area contributed by atoms with Gasteiger partial charge in [0.15, 0.2) is 0 Å². The van der Waals surface area contributed by atoms with Crippen LogP contribution in [0.4, 0.5) is 34.1 Å². The Bertz CT molecular complexity index is 2980. The van der Waals surface area contributed by atoms with Gasteiger partial charge in [-0.15, -0.1) is 11.3 Å². The number of furan rings is 1. The van der Waals surface area contributed by atoms with Crippen molar-refractivity contribution in [1.29, 1.82) is 0 Å². The second-order valence-corrected chi connectivity index (χ2v) is 20.3. The standard InChI is InChI=1S/C46H31BN2OSSi/c1-52(2)41-21-11-8-18-35(41)49-37-26-29(28-23-24-32-31-15-6-9-19-38(31)50-39(32)27-28)25-36-43(37)47(34-17-12-22-42(52)45(34)49)46-44(33-16-7-10-20-40(33)51-46)48(36)30-13-4-3-5-14-30/h3-27H,1-2H3. The number of para-hydroxylation sites is 4. The number of hydrogen-bond acceptors (Lipinski definition) is 4. The van der Waals surface area contributed by atoms with Gasteiger partial charge in [0.2, 0.25) is 0 Å². The second kappa shape index (κ2) is 10.2. The topological polar surface area (TPSA) is 19.6 Å². The van der Waals surface area contributed by atoms with Gasteiger partial charge in [0, 0.05) is 54.1 Å². The molecule has 0 spiro atoms. The predicted octanol–water partition coefficient (Wildman–Crippen LogP) is 9.69. The molecule has 6 heteroatoms. The average molecular weight is 699 g/mol. The summed E-state index contributed by atoms with van der Waals surface area (Å²) in [6.45, 7) is 5.17. The maximum Gasteiger partial charge on any atom is 0.264 e. The van der Waals surface area contributed by atoms with Crippen molar-refractivity contribution in [3.63, 3.8) is 0 Å². The van der Waals surface area contributed by atoms with E-state index >= 15 is 0 Å². The highest BCUT2D eigenvalue weighted by Gasteiger charge is 2.49. The fourth-order valence-electron chi connectivity index (χ4n) is 9.49. The Balaban J connectivity index is 1.23. The number of rotatable bonds is 2. The summed E-state index contributed by atoms with van der Waals surface area (Å²) in [5.41, 5.74) is 14.6. The molecule has 0 amide bonds. The van der Waals surface area contributed by atoms with Gasteiger partial charge in [-0.2, -0.15) is 0 Å². The molecule has 52 heavy (non-hydrogen) atoms. The summed E-state index contributed by atoms with van der Waals surface area (Å²) in [5.74, 6) is 0. The van der Waals surface area contributed by atoms with Crippen molar-refractivity contribution in [2.24, 2.45) is 0 Å². The molecule has 0 atom stereocenters. The smallest absolute Gasteiger partial charge is 0.264 e. The molecule has 244 valence electrons. The molecule has 0 fully saturated rings. The van der Waals surface area contributed by atoms with E-state index in [1.54, 1.807) is 0 Å². The van der Waals surface area contributed by atoms with Crippen molar-refractivity contribution in [2.75, 3.05) is 9.80 Å². The van der Waals surface area contributed by atoms with Crippen molar-refractivity contribution in [3.8, 4) is 11.1 Å². The van der Waals surface area contributed by atoms with Crippen LogP contribution in [0.5, 0.6) is 0 Å². The van der Waals surface area contributed by atoms with Crippen molar-refractivity contribution >= 4 is 118 Å². The van der Waals surface area contributed by atoms with Crippen LogP contribution in [0.2, 0.25) is 13.1 Å². The third kappa shape index (κ3) is 3.65. The Morgan fingerprint density at radius 2 is 1.25 bits per heavy atom. The number of benzene rings is 7. The zero-order chi connectivity index (χ0) is 34.3. The molecule has 0 bridgehead atoms. The summed E-state index contributed by atoms with van der Waals surface area (Å²) >= 11 is 1.96. The molecule has 0 aliphatic carbocycles. The Morgan fingerprint density at radius 3 is 2.13 bits per heavy atom. The van der Waals surface area contributed by atoms with Crippen LogP contribution in [0.25, 0.3) is 43.2 Å². The Hall–Kier alpha value is -5.82. The largest absolute Gasteiger partial charge is 0.456 e. The molecular formula is C46H31BN2OSSi. The lowest BCUT2D eigenvalue weighted by Crippen LogP contribution is -2.67. The Morgan fingerprint density at radius 1 is 0.538 bits per heavy atom. The monoisotopic (exact) mass is 698 g/mol. The lowest BCUT2D eigenvalue weighted by molar-refractivity contribution is 0.669. The lowest BCUT2D eigenvalue weighted by atomic mass is 9.36. The molecule has 2 aromatic heterocycles. The van der Waals surface area contributed by atoms with E-state index in [-0.39, 0.29) is 6.71 Å². The summed E-state index contributed by atoms with van der Waals surface area (Å²) in [5, 5.41) is 6.60. The Kier molecular flexibility index (Phi) is 5.63. The molecule has 9 aromatic rings. The van der Waals surface area contributed by atoms with Crippen LogP contribution in [0.1, 0.15) is 0 Å². The molecule has 12 rings (SSSR count). The SMILES string of the molecule is C[Si]1(C)c2ccccc2N2c3cc(-c4ccc5c(c4)oc4ccccc45)cc4c3B(c3cccc1c32)c1sc2ccccc2c1N4c1ccccc1. The van der Waals surface area contributed by atoms with E-state index in [1.807, 2.05) is 17.4 Å². The summed E-state index contributed by atoms with van der Waals surface area (Å²) in [4.78, 5) is 5.17. The van der Waals surface area contributed by atoms with Gasteiger partial charge < -0.3 is 14.2 Å². The second-order valence-electron chi connectivity index (χ2n) is 14.9. The fraction of sp³-hybridized carbons (Fsp3) is 0.0435. The molecular weight excluding hydrogens is 667 g/mol. The van der Waals surface area contributed by atoms with Gasteiger partial charge in [0.05, 0.1) is 5.69 Å². The number of nitrogens with zero attached hydrogens (tertiary/aromatic N) is 2. The molecule has 3 nitrogen and oxygen atoms in total. The van der Waals surface area contributed by atoms with Gasteiger partial charge in [-0.1, -0.05) is 110 Å². The zero-order valence-corrected chi connectivity index (χ0v) is 30.5. The average Bonchev–Trinajstić information content (AvgIpc) is 3.76. The molecule has 0 N–H and O–H groups in total. The highest BCUT2D eigenvalue weighted by atomic mass is 32.1. The normalized spacial score (nSPS) is 14.8. The molecule has 3 aliphatic heterocycles. The van der Waals surface area contributed by atoms with E-state index in [4.69, 9.17) is 4.42 Å². The van der Waals surface area contributed by atoms with E-state index < -0.39 is 8.07 Å². The number of thiophene rings is 1. The van der Waals surface area contributed by atoms with Crippen LogP contribution in [-0.4, -0.2) is 14.8 Å². The van der Waals surface area contributed by atoms with Crippen LogP contribution in [0.3, 0.4) is 0 Å². The van der Waals surface area contributed by atoms with E-state index in [1.165, 1.54) is 75.8 Å². The summed E-state index contributed by atoms with van der Waals surface area (Å²) in [7, 11) is -2.02. The maximum absolute atomic E-state index is 6.45. The molecule has 0 saturated heterocycles. The number of fused-ring (bicyclic) bond motifs is 11. The van der Waals surface area contributed by atoms with Crippen molar-refractivity contribution in [1.82, 2.24) is 0 Å². The van der Waals surface area contributed by atoms with E-state index in [0.29, 0.717) is 0 Å². The summed E-state index contributed by atoms with van der Waals surface area (Å²) in [6, 6.07) is 56.3. The third-order valence-corrected chi connectivity index (χ3v) is 16.6.